The molecule has 1 saturated heterocycles. The van der Waals surface area contributed by atoms with E-state index in [0.717, 1.165) is 10.5 Å². The zero-order valence-electron chi connectivity index (χ0n) is 20.7. The van der Waals surface area contributed by atoms with Gasteiger partial charge >= 0.3 is 12.1 Å². The monoisotopic (exact) mass is 494 g/mol. The molecule has 9 heteroatoms. The topological polar surface area (TPSA) is 118 Å². The van der Waals surface area contributed by atoms with Crippen molar-refractivity contribution in [1.82, 2.24) is 10.2 Å². The van der Waals surface area contributed by atoms with Crippen molar-refractivity contribution in [2.45, 2.75) is 58.4 Å². The molecule has 2 amide bonds. The van der Waals surface area contributed by atoms with Gasteiger partial charge in [-0.3, -0.25) is 9.69 Å². The zero-order valence-corrected chi connectivity index (χ0v) is 20.7. The number of nitrogens with zero attached hydrogens (tertiary/aromatic N) is 1. The summed E-state index contributed by atoms with van der Waals surface area (Å²) in [5.74, 6) is -0.544. The average Bonchev–Trinajstić information content (AvgIpc) is 3.37. The third-order valence-corrected chi connectivity index (χ3v) is 5.86. The van der Waals surface area contributed by atoms with Gasteiger partial charge in [0.1, 0.15) is 35.3 Å². The Hall–Kier alpha value is -4.01. The van der Waals surface area contributed by atoms with Crippen LogP contribution in [0.15, 0.2) is 52.9 Å². The van der Waals surface area contributed by atoms with Gasteiger partial charge in [-0.25, -0.2) is 9.59 Å². The van der Waals surface area contributed by atoms with Crippen molar-refractivity contribution in [3.05, 3.63) is 65.4 Å². The third-order valence-electron chi connectivity index (χ3n) is 5.86. The molecule has 2 aromatic carbocycles. The normalized spacial score (nSPS) is 17.7. The minimum absolute atomic E-state index is 0.0257. The van der Waals surface area contributed by atoms with E-state index in [2.05, 4.69) is 5.32 Å². The second-order valence-electron chi connectivity index (χ2n) is 9.86. The predicted molar refractivity (Wildman–Crippen MR) is 132 cm³/mol. The van der Waals surface area contributed by atoms with Gasteiger partial charge in [0.15, 0.2) is 0 Å². The number of fused-ring (bicyclic) bond motifs is 1. The van der Waals surface area contributed by atoms with Crippen LogP contribution in [0.25, 0.3) is 11.0 Å². The quantitative estimate of drug-likeness (QED) is 0.517. The second kappa shape index (κ2) is 9.93. The zero-order chi connectivity index (χ0) is 26.0. The number of ether oxygens (including phenoxy) is 2. The molecule has 2 heterocycles. The Morgan fingerprint density at radius 3 is 2.53 bits per heavy atom. The van der Waals surface area contributed by atoms with Crippen LogP contribution < -0.4 is 10.1 Å². The number of nitrogens with one attached hydrogen (secondary N) is 1. The van der Waals surface area contributed by atoms with E-state index in [1.54, 1.807) is 45.9 Å². The molecule has 1 aromatic heterocycles. The molecule has 0 bridgehead atoms. The highest BCUT2D eigenvalue weighted by Gasteiger charge is 2.42. The number of carbonyl (C=O) groups excluding carboxylic acids is 2. The summed E-state index contributed by atoms with van der Waals surface area (Å²) in [6, 6.07) is 13.4. The number of carboxylic acids is 1. The van der Waals surface area contributed by atoms with Crippen LogP contribution in [-0.2, 0) is 16.1 Å². The summed E-state index contributed by atoms with van der Waals surface area (Å²) >= 11 is 0. The van der Waals surface area contributed by atoms with Crippen LogP contribution in [0.4, 0.5) is 4.79 Å². The molecule has 36 heavy (non-hydrogen) atoms. The Kier molecular flexibility index (Phi) is 6.92. The lowest BCUT2D eigenvalue weighted by Crippen LogP contribution is -2.44. The standard InChI is InChI=1S/C27H30N2O7/c1-16-23(20-13-19(10-11-22(20)35-16)34-15-17-8-6-5-7-9-17)24(30)28-18-12-21(25(31)32)29(14-18)26(33)36-27(2,3)4/h5-11,13,18,21H,12,14-15H2,1-4H3,(H,28,30)(H,31,32). The Labute approximate surface area is 209 Å². The average molecular weight is 495 g/mol. The van der Waals surface area contributed by atoms with Crippen LogP contribution in [0.1, 0.15) is 48.9 Å². The fourth-order valence-corrected chi connectivity index (χ4v) is 4.27. The van der Waals surface area contributed by atoms with Crippen molar-refractivity contribution in [2.75, 3.05) is 6.54 Å². The first-order chi connectivity index (χ1) is 17.0. The maximum Gasteiger partial charge on any atom is 0.411 e. The Bertz CT molecular complexity index is 1280. The fourth-order valence-electron chi connectivity index (χ4n) is 4.27. The van der Waals surface area contributed by atoms with E-state index < -0.39 is 35.7 Å². The summed E-state index contributed by atoms with van der Waals surface area (Å²) in [5, 5.41) is 13.1. The van der Waals surface area contributed by atoms with Crippen LogP contribution in [0, 0.1) is 6.92 Å². The number of furan rings is 1. The summed E-state index contributed by atoms with van der Waals surface area (Å²) in [7, 11) is 0. The fraction of sp³-hybridized carbons (Fsp3) is 0.370. The Morgan fingerprint density at radius 2 is 1.86 bits per heavy atom. The third kappa shape index (κ3) is 5.62. The molecule has 1 aliphatic heterocycles. The highest BCUT2D eigenvalue weighted by Crippen LogP contribution is 2.30. The lowest BCUT2D eigenvalue weighted by Gasteiger charge is -2.26. The van der Waals surface area contributed by atoms with Gasteiger partial charge in [-0.05, 0) is 51.5 Å². The van der Waals surface area contributed by atoms with Crippen molar-refractivity contribution in [1.29, 1.82) is 0 Å². The molecule has 0 saturated carbocycles. The highest BCUT2D eigenvalue weighted by atomic mass is 16.6. The maximum absolute atomic E-state index is 13.3. The number of carboxylic acid groups (broad SMARTS) is 1. The number of amides is 2. The van der Waals surface area contributed by atoms with Gasteiger partial charge < -0.3 is 24.3 Å². The van der Waals surface area contributed by atoms with Crippen molar-refractivity contribution in [3.63, 3.8) is 0 Å². The molecule has 0 aliphatic carbocycles. The predicted octanol–water partition coefficient (Wildman–Crippen LogP) is 4.51. The van der Waals surface area contributed by atoms with E-state index in [1.807, 2.05) is 30.3 Å². The minimum atomic E-state index is -1.15. The van der Waals surface area contributed by atoms with Gasteiger partial charge in [0.25, 0.3) is 5.91 Å². The lowest BCUT2D eigenvalue weighted by atomic mass is 10.1. The number of aryl methyl sites for hydroxylation is 1. The van der Waals surface area contributed by atoms with Crippen molar-refractivity contribution >= 4 is 28.9 Å². The van der Waals surface area contributed by atoms with Crippen molar-refractivity contribution in [3.8, 4) is 5.75 Å². The Morgan fingerprint density at radius 1 is 1.14 bits per heavy atom. The smallest absolute Gasteiger partial charge is 0.411 e. The molecule has 1 fully saturated rings. The van der Waals surface area contributed by atoms with Crippen LogP contribution in [0.2, 0.25) is 0 Å². The van der Waals surface area contributed by atoms with Gasteiger partial charge in [-0.2, -0.15) is 0 Å². The highest BCUT2D eigenvalue weighted by molar-refractivity contribution is 6.07. The lowest BCUT2D eigenvalue weighted by molar-refractivity contribution is -0.142. The van der Waals surface area contributed by atoms with Gasteiger partial charge in [0.05, 0.1) is 5.56 Å². The maximum atomic E-state index is 13.3. The van der Waals surface area contributed by atoms with E-state index in [-0.39, 0.29) is 13.0 Å². The number of hydrogen-bond acceptors (Lipinski definition) is 6. The van der Waals surface area contributed by atoms with Crippen LogP contribution in [-0.4, -0.2) is 52.2 Å². The molecule has 2 unspecified atom stereocenters. The van der Waals surface area contributed by atoms with Gasteiger partial charge in [-0.1, -0.05) is 30.3 Å². The molecule has 190 valence electrons. The molecular weight excluding hydrogens is 464 g/mol. The molecule has 2 N–H and O–H groups in total. The number of carbonyl (C=O) groups is 3. The summed E-state index contributed by atoms with van der Waals surface area (Å²) in [5.41, 5.74) is 1.13. The van der Waals surface area contributed by atoms with Crippen LogP contribution >= 0.6 is 0 Å². The summed E-state index contributed by atoms with van der Waals surface area (Å²) in [4.78, 5) is 38.8. The number of rotatable bonds is 6. The van der Waals surface area contributed by atoms with E-state index in [4.69, 9.17) is 13.9 Å². The Balaban J connectivity index is 1.50. The molecule has 1 aliphatic rings. The SMILES string of the molecule is Cc1oc2ccc(OCc3ccccc3)cc2c1C(=O)NC1CC(C(=O)O)N(C(=O)OC(C)(C)C)C1. The van der Waals surface area contributed by atoms with Crippen LogP contribution in [0.5, 0.6) is 5.75 Å². The molecule has 4 rings (SSSR count). The van der Waals surface area contributed by atoms with Gasteiger partial charge in [-0.15, -0.1) is 0 Å². The summed E-state index contributed by atoms with van der Waals surface area (Å²) in [6.45, 7) is 7.23. The molecule has 9 nitrogen and oxygen atoms in total. The summed E-state index contributed by atoms with van der Waals surface area (Å²) in [6.07, 6.45) is -0.655. The number of likely N-dealkylation sites (tertiary alicyclic amines) is 1. The van der Waals surface area contributed by atoms with Crippen molar-refractivity contribution in [2.24, 2.45) is 0 Å². The van der Waals surface area contributed by atoms with E-state index in [1.165, 1.54) is 0 Å². The number of hydrogen-bond donors (Lipinski definition) is 2. The minimum Gasteiger partial charge on any atom is -0.489 e. The van der Waals surface area contributed by atoms with E-state index in [9.17, 15) is 19.5 Å². The molecular formula is C27H30N2O7. The number of aliphatic carboxylic acids is 1. The first-order valence-corrected chi connectivity index (χ1v) is 11.7. The number of benzene rings is 2. The van der Waals surface area contributed by atoms with Gasteiger partial charge in [0, 0.05) is 24.4 Å². The summed E-state index contributed by atoms with van der Waals surface area (Å²) < 4.78 is 17.0. The first kappa shape index (κ1) is 25.1. The first-order valence-electron chi connectivity index (χ1n) is 11.7. The molecule has 2 atom stereocenters. The van der Waals surface area contributed by atoms with E-state index in [0.29, 0.717) is 34.6 Å². The van der Waals surface area contributed by atoms with E-state index >= 15 is 0 Å². The second-order valence-corrected chi connectivity index (χ2v) is 9.86. The molecule has 0 spiro atoms. The largest absolute Gasteiger partial charge is 0.489 e. The molecule has 0 radical (unpaired) electrons. The van der Waals surface area contributed by atoms with Gasteiger partial charge in [0.2, 0.25) is 0 Å². The van der Waals surface area contributed by atoms with Crippen LogP contribution in [0.3, 0.4) is 0 Å². The van der Waals surface area contributed by atoms with Crippen molar-refractivity contribution < 1.29 is 33.4 Å². The molecule has 3 aromatic rings.